The highest BCUT2D eigenvalue weighted by molar-refractivity contribution is 8.00. The van der Waals surface area contributed by atoms with Crippen LogP contribution in [0.1, 0.15) is 38.4 Å². The van der Waals surface area contributed by atoms with E-state index in [9.17, 15) is 9.90 Å². The highest BCUT2D eigenvalue weighted by atomic mass is 32.2. The maximum atomic E-state index is 11.8. The molecule has 1 aromatic carbocycles. The molecule has 1 amide bonds. The minimum atomic E-state index is -0.471. The number of aliphatic hydroxyl groups is 1. The number of carbonyl (C=O) groups excluding carboxylic acids is 1. The Morgan fingerprint density at radius 3 is 2.78 bits per heavy atom. The van der Waals surface area contributed by atoms with Crippen molar-refractivity contribution in [2.45, 2.75) is 49.0 Å². The molecule has 0 aromatic heterocycles. The first kappa shape index (κ1) is 13.4. The van der Waals surface area contributed by atoms with Crippen LogP contribution in [-0.2, 0) is 4.79 Å². The second-order valence-electron chi connectivity index (χ2n) is 4.79. The molecule has 0 radical (unpaired) electrons. The second-order valence-corrected chi connectivity index (χ2v) is 6.21. The largest absolute Gasteiger partial charge is 0.389 e. The summed E-state index contributed by atoms with van der Waals surface area (Å²) in [7, 11) is 0. The van der Waals surface area contributed by atoms with Gasteiger partial charge in [-0.3, -0.25) is 4.79 Å². The second kappa shape index (κ2) is 5.76. The fourth-order valence-electron chi connectivity index (χ4n) is 1.65. The van der Waals surface area contributed by atoms with E-state index in [1.165, 1.54) is 11.8 Å². The number of carbonyl (C=O) groups is 1. The van der Waals surface area contributed by atoms with Crippen LogP contribution < -0.4 is 5.32 Å². The van der Waals surface area contributed by atoms with Crippen LogP contribution in [0.2, 0.25) is 0 Å². The Labute approximate surface area is 112 Å². The summed E-state index contributed by atoms with van der Waals surface area (Å²) in [6.07, 6.45) is 1.75. The van der Waals surface area contributed by atoms with Gasteiger partial charge in [-0.05, 0) is 44.4 Å². The Hall–Kier alpha value is -1.00. The third-order valence-corrected chi connectivity index (χ3v) is 4.04. The molecule has 18 heavy (non-hydrogen) atoms. The van der Waals surface area contributed by atoms with Crippen LogP contribution >= 0.6 is 11.8 Å². The van der Waals surface area contributed by atoms with Crippen LogP contribution in [0.15, 0.2) is 29.2 Å². The normalized spacial score (nSPS) is 18.2. The zero-order valence-electron chi connectivity index (χ0n) is 10.7. The van der Waals surface area contributed by atoms with Crippen molar-refractivity contribution in [3.63, 3.8) is 0 Å². The van der Waals surface area contributed by atoms with E-state index in [1.807, 2.05) is 31.2 Å². The first-order valence-corrected chi connectivity index (χ1v) is 7.19. The number of hydrogen-bond acceptors (Lipinski definition) is 3. The highest BCUT2D eigenvalue weighted by Crippen LogP contribution is 2.27. The molecule has 0 saturated heterocycles. The molecule has 0 aliphatic heterocycles. The Balaban J connectivity index is 1.94. The molecule has 2 atom stereocenters. The van der Waals surface area contributed by atoms with Crippen molar-refractivity contribution < 1.29 is 9.90 Å². The predicted octanol–water partition coefficient (Wildman–Crippen LogP) is 2.50. The molecular formula is C14H19NO2S. The molecule has 98 valence electrons. The van der Waals surface area contributed by atoms with Crippen molar-refractivity contribution in [2.24, 2.45) is 0 Å². The standard InChI is InChI=1S/C14H19NO2S/c1-9(16)11-4-3-5-13(8-11)18-10(2)14(17)15-12-6-7-12/h3-5,8-10,12,16H,6-7H2,1-2H3,(H,15,17). The third kappa shape index (κ3) is 3.75. The highest BCUT2D eigenvalue weighted by Gasteiger charge is 2.25. The van der Waals surface area contributed by atoms with Gasteiger partial charge in [0.25, 0.3) is 0 Å². The van der Waals surface area contributed by atoms with Gasteiger partial charge in [-0.1, -0.05) is 12.1 Å². The van der Waals surface area contributed by atoms with Gasteiger partial charge in [-0.2, -0.15) is 0 Å². The molecule has 2 unspecified atom stereocenters. The first-order chi connectivity index (χ1) is 8.56. The number of aliphatic hydroxyl groups excluding tert-OH is 1. The molecule has 4 heteroatoms. The third-order valence-electron chi connectivity index (χ3n) is 2.95. The van der Waals surface area contributed by atoms with Gasteiger partial charge < -0.3 is 10.4 Å². The molecular weight excluding hydrogens is 246 g/mol. The van der Waals surface area contributed by atoms with Crippen molar-refractivity contribution in [3.8, 4) is 0 Å². The summed E-state index contributed by atoms with van der Waals surface area (Å²) in [6, 6.07) is 8.12. The van der Waals surface area contributed by atoms with E-state index in [4.69, 9.17) is 0 Å². The maximum absolute atomic E-state index is 11.8. The van der Waals surface area contributed by atoms with Crippen LogP contribution in [-0.4, -0.2) is 22.3 Å². The Morgan fingerprint density at radius 2 is 2.17 bits per heavy atom. The predicted molar refractivity (Wildman–Crippen MR) is 73.6 cm³/mol. The molecule has 2 rings (SSSR count). The van der Waals surface area contributed by atoms with Gasteiger partial charge >= 0.3 is 0 Å². The fraction of sp³-hybridized carbons (Fsp3) is 0.500. The van der Waals surface area contributed by atoms with E-state index in [2.05, 4.69) is 5.32 Å². The van der Waals surface area contributed by atoms with Crippen molar-refractivity contribution >= 4 is 17.7 Å². The SMILES string of the molecule is CC(Sc1cccc(C(C)O)c1)C(=O)NC1CC1. The monoisotopic (exact) mass is 265 g/mol. The summed E-state index contributed by atoms with van der Waals surface area (Å²) < 4.78 is 0. The van der Waals surface area contributed by atoms with Gasteiger partial charge in [0.05, 0.1) is 11.4 Å². The topological polar surface area (TPSA) is 49.3 Å². The van der Waals surface area contributed by atoms with Gasteiger partial charge in [0.1, 0.15) is 0 Å². The zero-order valence-corrected chi connectivity index (χ0v) is 11.5. The van der Waals surface area contributed by atoms with Crippen molar-refractivity contribution in [2.75, 3.05) is 0 Å². The minimum Gasteiger partial charge on any atom is -0.389 e. The Morgan fingerprint density at radius 1 is 1.44 bits per heavy atom. The summed E-state index contributed by atoms with van der Waals surface area (Å²) in [6.45, 7) is 3.66. The fourth-order valence-corrected chi connectivity index (χ4v) is 2.60. The Kier molecular flexibility index (Phi) is 4.30. The molecule has 2 N–H and O–H groups in total. The lowest BCUT2D eigenvalue weighted by Crippen LogP contribution is -2.32. The van der Waals surface area contributed by atoms with Crippen molar-refractivity contribution in [1.29, 1.82) is 0 Å². The van der Waals surface area contributed by atoms with Crippen LogP contribution in [0.5, 0.6) is 0 Å². The minimum absolute atomic E-state index is 0.102. The van der Waals surface area contributed by atoms with E-state index >= 15 is 0 Å². The van der Waals surface area contributed by atoms with Gasteiger partial charge in [0.2, 0.25) is 5.91 Å². The lowest BCUT2D eigenvalue weighted by atomic mass is 10.1. The molecule has 0 bridgehead atoms. The summed E-state index contributed by atoms with van der Waals surface area (Å²) in [5.74, 6) is 0.102. The lowest BCUT2D eigenvalue weighted by Gasteiger charge is -2.12. The van der Waals surface area contributed by atoms with Crippen LogP contribution in [0, 0.1) is 0 Å². The smallest absolute Gasteiger partial charge is 0.233 e. The first-order valence-electron chi connectivity index (χ1n) is 6.31. The van der Waals surface area contributed by atoms with E-state index in [1.54, 1.807) is 6.92 Å². The summed E-state index contributed by atoms with van der Waals surface area (Å²) in [4.78, 5) is 12.9. The van der Waals surface area contributed by atoms with Gasteiger partial charge in [0, 0.05) is 10.9 Å². The number of thioether (sulfide) groups is 1. The Bertz CT molecular complexity index is 430. The molecule has 1 aromatic rings. The number of nitrogens with one attached hydrogen (secondary N) is 1. The van der Waals surface area contributed by atoms with E-state index in [-0.39, 0.29) is 11.2 Å². The number of rotatable bonds is 5. The van der Waals surface area contributed by atoms with E-state index in [0.717, 1.165) is 23.3 Å². The zero-order chi connectivity index (χ0) is 13.1. The molecule has 0 spiro atoms. The van der Waals surface area contributed by atoms with Gasteiger partial charge in [-0.25, -0.2) is 0 Å². The van der Waals surface area contributed by atoms with Crippen LogP contribution in [0.25, 0.3) is 0 Å². The maximum Gasteiger partial charge on any atom is 0.233 e. The molecule has 3 nitrogen and oxygen atoms in total. The van der Waals surface area contributed by atoms with Gasteiger partial charge in [0.15, 0.2) is 0 Å². The molecule has 1 aliphatic carbocycles. The molecule has 0 heterocycles. The van der Waals surface area contributed by atoms with Crippen LogP contribution in [0.4, 0.5) is 0 Å². The molecule has 1 aliphatic rings. The molecule has 1 fully saturated rings. The number of amides is 1. The van der Waals surface area contributed by atoms with Crippen molar-refractivity contribution in [3.05, 3.63) is 29.8 Å². The number of hydrogen-bond donors (Lipinski definition) is 2. The average molecular weight is 265 g/mol. The quantitative estimate of drug-likeness (QED) is 0.804. The van der Waals surface area contributed by atoms with E-state index in [0.29, 0.717) is 6.04 Å². The van der Waals surface area contributed by atoms with Crippen LogP contribution in [0.3, 0.4) is 0 Å². The van der Waals surface area contributed by atoms with E-state index < -0.39 is 6.10 Å². The summed E-state index contributed by atoms with van der Waals surface area (Å²) >= 11 is 1.53. The average Bonchev–Trinajstić information content (AvgIpc) is 3.13. The molecule has 1 saturated carbocycles. The summed E-state index contributed by atoms with van der Waals surface area (Å²) in [5.41, 5.74) is 0.884. The lowest BCUT2D eigenvalue weighted by molar-refractivity contribution is -0.120. The number of benzene rings is 1. The van der Waals surface area contributed by atoms with Gasteiger partial charge in [-0.15, -0.1) is 11.8 Å². The van der Waals surface area contributed by atoms with Crippen molar-refractivity contribution in [1.82, 2.24) is 5.32 Å². The summed E-state index contributed by atoms with van der Waals surface area (Å²) in [5, 5.41) is 12.4.